The first-order valence-corrected chi connectivity index (χ1v) is 4.25. The van der Waals surface area contributed by atoms with Crippen LogP contribution in [0.2, 0.25) is 0 Å². The summed E-state index contributed by atoms with van der Waals surface area (Å²) in [6.07, 6.45) is 0. The summed E-state index contributed by atoms with van der Waals surface area (Å²) in [5.41, 5.74) is 3.76. The lowest BCUT2D eigenvalue weighted by Crippen LogP contribution is -2.07. The third-order valence-corrected chi connectivity index (χ3v) is 2.02. The van der Waals surface area contributed by atoms with Gasteiger partial charge in [-0.15, -0.1) is 0 Å². The van der Waals surface area contributed by atoms with Gasteiger partial charge in [0.1, 0.15) is 5.75 Å². The number of anilines is 1. The maximum absolute atomic E-state index is 9.42. The molecule has 1 rings (SSSR count). The predicted octanol–water partition coefficient (Wildman–Crippen LogP) is 1.57. The van der Waals surface area contributed by atoms with Gasteiger partial charge in [-0.05, 0) is 6.07 Å². The fraction of sp³-hybridized carbons (Fsp3) is 0.143. The molecule has 4 N–H and O–H groups in total. The molecule has 0 aliphatic heterocycles. The fourth-order valence-electron chi connectivity index (χ4n) is 0.816. The van der Waals surface area contributed by atoms with Gasteiger partial charge in [0.05, 0.1) is 5.69 Å². The highest BCUT2D eigenvalue weighted by Gasteiger charge is 2.02. The van der Waals surface area contributed by atoms with E-state index in [1.165, 1.54) is 0 Å². The van der Waals surface area contributed by atoms with E-state index < -0.39 is 0 Å². The Morgan fingerprint density at radius 1 is 1.55 bits per heavy atom. The smallest absolute Gasteiger partial charge is 0.144 e. The normalized spacial score (nSPS) is 9.64. The third kappa shape index (κ3) is 1.64. The van der Waals surface area contributed by atoms with Crippen LogP contribution in [0.15, 0.2) is 18.2 Å². The second kappa shape index (κ2) is 3.59. The summed E-state index contributed by atoms with van der Waals surface area (Å²) in [6, 6.07) is 5.36. The number of phenols is 1. The zero-order valence-electron chi connectivity index (χ0n) is 5.84. The van der Waals surface area contributed by atoms with Crippen LogP contribution in [-0.4, -0.2) is 5.11 Å². The van der Waals surface area contributed by atoms with Crippen molar-refractivity contribution in [2.24, 2.45) is 5.84 Å². The lowest BCUT2D eigenvalue weighted by atomic mass is 10.2. The number of phenolic OH excluding ortho intramolecular Hbond substituents is 1. The molecule has 0 aliphatic carbocycles. The van der Waals surface area contributed by atoms with Gasteiger partial charge in [-0.1, -0.05) is 28.1 Å². The van der Waals surface area contributed by atoms with Crippen molar-refractivity contribution in [1.29, 1.82) is 0 Å². The highest BCUT2D eigenvalue weighted by Crippen LogP contribution is 2.27. The van der Waals surface area contributed by atoms with E-state index in [0.717, 1.165) is 5.56 Å². The molecule has 60 valence electrons. The molecule has 1 aromatic carbocycles. The summed E-state index contributed by atoms with van der Waals surface area (Å²) >= 11 is 3.24. The van der Waals surface area contributed by atoms with Crippen LogP contribution in [0.5, 0.6) is 5.75 Å². The van der Waals surface area contributed by atoms with Crippen LogP contribution in [0, 0.1) is 0 Å². The first-order valence-electron chi connectivity index (χ1n) is 3.13. The minimum atomic E-state index is 0.201. The van der Waals surface area contributed by atoms with Gasteiger partial charge in [0.25, 0.3) is 0 Å². The van der Waals surface area contributed by atoms with Gasteiger partial charge in [0.2, 0.25) is 0 Å². The molecule has 0 bridgehead atoms. The first-order chi connectivity index (χ1) is 5.29. The average molecular weight is 217 g/mol. The number of nitrogens with two attached hydrogens (primary N) is 1. The molecule has 0 amide bonds. The van der Waals surface area contributed by atoms with Crippen molar-refractivity contribution in [1.82, 2.24) is 0 Å². The van der Waals surface area contributed by atoms with E-state index in [2.05, 4.69) is 21.4 Å². The maximum Gasteiger partial charge on any atom is 0.144 e. The van der Waals surface area contributed by atoms with E-state index in [9.17, 15) is 5.11 Å². The number of alkyl halides is 1. The van der Waals surface area contributed by atoms with Crippen LogP contribution in [0.4, 0.5) is 5.69 Å². The lowest BCUT2D eigenvalue weighted by molar-refractivity contribution is 0.473. The summed E-state index contributed by atoms with van der Waals surface area (Å²) in [5, 5.41) is 10.0. The van der Waals surface area contributed by atoms with Gasteiger partial charge in [0.15, 0.2) is 0 Å². The standard InChI is InChI=1S/C7H9BrN2O/c8-4-5-2-1-3-6(10-9)7(5)11/h1-3,10-11H,4,9H2. The Morgan fingerprint density at radius 2 is 2.27 bits per heavy atom. The molecule has 0 aromatic heterocycles. The van der Waals surface area contributed by atoms with Crippen molar-refractivity contribution in [3.8, 4) is 5.75 Å². The zero-order valence-corrected chi connectivity index (χ0v) is 7.43. The molecule has 0 atom stereocenters. The Kier molecular flexibility index (Phi) is 2.73. The minimum absolute atomic E-state index is 0.201. The molecular formula is C7H9BrN2O. The topological polar surface area (TPSA) is 58.3 Å². The number of hydrogen-bond acceptors (Lipinski definition) is 3. The molecule has 1 aromatic rings. The average Bonchev–Trinajstić information content (AvgIpc) is 2.05. The SMILES string of the molecule is NNc1cccc(CBr)c1O. The summed E-state index contributed by atoms with van der Waals surface area (Å²) in [7, 11) is 0. The molecule has 0 radical (unpaired) electrons. The molecule has 4 heteroatoms. The van der Waals surface area contributed by atoms with Crippen LogP contribution in [0.3, 0.4) is 0 Å². The number of para-hydroxylation sites is 1. The van der Waals surface area contributed by atoms with Gasteiger partial charge in [-0.3, -0.25) is 5.84 Å². The Morgan fingerprint density at radius 3 is 2.82 bits per heavy atom. The molecule has 0 unspecified atom stereocenters. The summed E-state index contributed by atoms with van der Waals surface area (Å²) in [6.45, 7) is 0. The molecular weight excluding hydrogens is 208 g/mol. The van der Waals surface area contributed by atoms with Crippen LogP contribution >= 0.6 is 15.9 Å². The molecule has 0 aliphatic rings. The quantitative estimate of drug-likeness (QED) is 0.305. The maximum atomic E-state index is 9.42. The predicted molar refractivity (Wildman–Crippen MR) is 48.5 cm³/mol. The van der Waals surface area contributed by atoms with Crippen molar-refractivity contribution in [2.45, 2.75) is 5.33 Å². The number of nitrogens with one attached hydrogen (secondary N) is 1. The molecule has 0 heterocycles. The van der Waals surface area contributed by atoms with Gasteiger partial charge in [-0.25, -0.2) is 0 Å². The summed E-state index contributed by atoms with van der Waals surface area (Å²) in [4.78, 5) is 0. The minimum Gasteiger partial charge on any atom is -0.505 e. The number of aromatic hydroxyl groups is 1. The Balaban J connectivity index is 3.10. The van der Waals surface area contributed by atoms with Crippen molar-refractivity contribution in [3.05, 3.63) is 23.8 Å². The second-order valence-corrected chi connectivity index (χ2v) is 2.65. The van der Waals surface area contributed by atoms with E-state index in [1.807, 2.05) is 12.1 Å². The summed E-state index contributed by atoms with van der Waals surface area (Å²) in [5.74, 6) is 5.35. The molecule has 0 saturated heterocycles. The Hall–Kier alpha value is -0.740. The molecule has 0 saturated carbocycles. The van der Waals surface area contributed by atoms with Crippen LogP contribution in [0.25, 0.3) is 0 Å². The second-order valence-electron chi connectivity index (χ2n) is 2.09. The lowest BCUT2D eigenvalue weighted by Gasteiger charge is -2.05. The van der Waals surface area contributed by atoms with Crippen LogP contribution in [0.1, 0.15) is 5.56 Å². The van der Waals surface area contributed by atoms with E-state index in [0.29, 0.717) is 11.0 Å². The number of rotatable bonds is 2. The van der Waals surface area contributed by atoms with Crippen molar-refractivity contribution < 1.29 is 5.11 Å². The van der Waals surface area contributed by atoms with Gasteiger partial charge in [-0.2, -0.15) is 0 Å². The third-order valence-electron chi connectivity index (χ3n) is 1.42. The van der Waals surface area contributed by atoms with E-state index >= 15 is 0 Å². The number of benzene rings is 1. The largest absolute Gasteiger partial charge is 0.505 e. The van der Waals surface area contributed by atoms with Crippen molar-refractivity contribution >= 4 is 21.6 Å². The van der Waals surface area contributed by atoms with Gasteiger partial charge in [0, 0.05) is 10.9 Å². The molecule has 0 spiro atoms. The van der Waals surface area contributed by atoms with E-state index in [4.69, 9.17) is 5.84 Å². The Labute approximate surface area is 73.3 Å². The monoisotopic (exact) mass is 216 g/mol. The first kappa shape index (κ1) is 8.36. The highest BCUT2D eigenvalue weighted by atomic mass is 79.9. The van der Waals surface area contributed by atoms with Crippen LogP contribution in [-0.2, 0) is 5.33 Å². The molecule has 11 heavy (non-hydrogen) atoms. The van der Waals surface area contributed by atoms with Crippen LogP contribution < -0.4 is 11.3 Å². The van der Waals surface area contributed by atoms with Crippen molar-refractivity contribution in [2.75, 3.05) is 5.43 Å². The number of nitrogen functional groups attached to an aromatic ring is 1. The van der Waals surface area contributed by atoms with E-state index in [1.54, 1.807) is 6.07 Å². The summed E-state index contributed by atoms with van der Waals surface area (Å²) < 4.78 is 0. The zero-order chi connectivity index (χ0) is 8.27. The fourth-order valence-corrected chi connectivity index (χ4v) is 1.27. The highest BCUT2D eigenvalue weighted by molar-refractivity contribution is 9.08. The molecule has 3 nitrogen and oxygen atoms in total. The van der Waals surface area contributed by atoms with Gasteiger partial charge < -0.3 is 10.5 Å². The van der Waals surface area contributed by atoms with Crippen molar-refractivity contribution in [3.63, 3.8) is 0 Å². The molecule has 0 fully saturated rings. The van der Waals surface area contributed by atoms with E-state index in [-0.39, 0.29) is 5.75 Å². The Bertz CT molecular complexity index is 230. The number of halogens is 1. The number of hydrazine groups is 1. The number of hydrogen-bond donors (Lipinski definition) is 3. The van der Waals surface area contributed by atoms with Gasteiger partial charge >= 0.3 is 0 Å².